The zero-order valence-corrected chi connectivity index (χ0v) is 16.7. The Balaban J connectivity index is 1.81. The molecule has 4 nitrogen and oxygen atoms in total. The Hall–Kier alpha value is -3.25. The average molecular weight is 410 g/mol. The molecule has 0 bridgehead atoms. The molecule has 3 N–H and O–H groups in total. The summed E-state index contributed by atoms with van der Waals surface area (Å²) in [5.74, 6) is -0.413. The summed E-state index contributed by atoms with van der Waals surface area (Å²) >= 11 is 0. The molecule has 1 amide bonds. The normalized spacial score (nSPS) is 11.8. The Morgan fingerprint density at radius 1 is 0.967 bits per heavy atom. The van der Waals surface area contributed by atoms with Gasteiger partial charge < -0.3 is 15.8 Å². The Bertz CT molecular complexity index is 1020. The summed E-state index contributed by atoms with van der Waals surface area (Å²) in [6.07, 6.45) is 0.468. The first kappa shape index (κ1) is 21.5. The lowest BCUT2D eigenvalue weighted by atomic mass is 10.0. The highest BCUT2D eigenvalue weighted by Gasteiger charge is 2.11. The van der Waals surface area contributed by atoms with Gasteiger partial charge in [-0.1, -0.05) is 36.4 Å². The van der Waals surface area contributed by atoms with E-state index in [1.165, 1.54) is 24.3 Å². The van der Waals surface area contributed by atoms with Crippen molar-refractivity contribution in [2.75, 3.05) is 0 Å². The molecule has 156 valence electrons. The summed E-state index contributed by atoms with van der Waals surface area (Å²) in [6.45, 7) is 2.36. The Labute approximate surface area is 174 Å². The van der Waals surface area contributed by atoms with Crippen molar-refractivity contribution in [2.24, 2.45) is 5.73 Å². The van der Waals surface area contributed by atoms with E-state index in [-0.39, 0.29) is 18.2 Å². The molecule has 0 fully saturated rings. The van der Waals surface area contributed by atoms with Crippen LogP contribution in [0.1, 0.15) is 29.2 Å². The van der Waals surface area contributed by atoms with E-state index in [0.717, 1.165) is 16.7 Å². The maximum atomic E-state index is 13.6. The van der Waals surface area contributed by atoms with Crippen LogP contribution in [0.25, 0.3) is 0 Å². The molecule has 0 unspecified atom stereocenters. The molecule has 0 aliphatic rings. The topological polar surface area (TPSA) is 64.3 Å². The number of primary amides is 1. The number of carbonyl (C=O) groups excluding carboxylic acids is 1. The number of nitrogens with one attached hydrogen (secondary N) is 1. The molecule has 30 heavy (non-hydrogen) atoms. The highest BCUT2D eigenvalue weighted by Crippen LogP contribution is 2.25. The van der Waals surface area contributed by atoms with Crippen LogP contribution in [0.15, 0.2) is 66.7 Å². The molecule has 0 saturated heterocycles. The summed E-state index contributed by atoms with van der Waals surface area (Å²) in [5, 5.41) is 3.07. The van der Waals surface area contributed by atoms with Crippen molar-refractivity contribution >= 4 is 5.91 Å². The monoisotopic (exact) mass is 410 g/mol. The molecule has 3 aromatic carbocycles. The third-order valence-corrected chi connectivity index (χ3v) is 4.73. The lowest BCUT2D eigenvalue weighted by Crippen LogP contribution is -2.38. The molecule has 0 spiro atoms. The van der Waals surface area contributed by atoms with E-state index in [0.29, 0.717) is 24.3 Å². The summed E-state index contributed by atoms with van der Waals surface area (Å²) in [4.78, 5) is 11.2. The van der Waals surface area contributed by atoms with E-state index in [4.69, 9.17) is 10.5 Å². The fraction of sp³-hybridized carbons (Fsp3) is 0.208. The van der Waals surface area contributed by atoms with Crippen molar-refractivity contribution in [3.63, 3.8) is 0 Å². The summed E-state index contributed by atoms with van der Waals surface area (Å²) < 4.78 is 33.0. The van der Waals surface area contributed by atoms with Crippen LogP contribution in [-0.4, -0.2) is 11.9 Å². The SMILES string of the molecule is C[C@@H](NCc1ccc(OCc2cccc(F)c2)c(Cc2cccc(F)c2)c1)C(N)=O. The Morgan fingerprint density at radius 3 is 2.30 bits per heavy atom. The minimum atomic E-state index is -0.458. The fourth-order valence-electron chi connectivity index (χ4n) is 3.05. The fourth-order valence-corrected chi connectivity index (χ4v) is 3.05. The maximum Gasteiger partial charge on any atom is 0.234 e. The second-order valence-electron chi connectivity index (χ2n) is 7.17. The molecular formula is C24H24F2N2O2. The first-order valence-electron chi connectivity index (χ1n) is 9.67. The summed E-state index contributed by atoms with van der Waals surface area (Å²) in [6, 6.07) is 17.8. The molecule has 1 atom stereocenters. The smallest absolute Gasteiger partial charge is 0.234 e. The van der Waals surface area contributed by atoms with Crippen molar-refractivity contribution in [2.45, 2.75) is 32.5 Å². The Morgan fingerprint density at radius 2 is 1.63 bits per heavy atom. The first-order valence-corrected chi connectivity index (χ1v) is 9.67. The van der Waals surface area contributed by atoms with Gasteiger partial charge in [0.2, 0.25) is 5.91 Å². The van der Waals surface area contributed by atoms with Gasteiger partial charge in [-0.25, -0.2) is 8.78 Å². The van der Waals surface area contributed by atoms with Gasteiger partial charge in [-0.05, 0) is 59.5 Å². The number of amides is 1. The number of rotatable bonds is 9. The van der Waals surface area contributed by atoms with E-state index >= 15 is 0 Å². The van der Waals surface area contributed by atoms with Crippen LogP contribution in [-0.2, 0) is 24.4 Å². The lowest BCUT2D eigenvalue weighted by Gasteiger charge is -2.15. The predicted octanol–water partition coefficient (Wildman–Crippen LogP) is 4.10. The number of nitrogens with two attached hydrogens (primary N) is 1. The molecule has 3 rings (SSSR count). The minimum absolute atomic E-state index is 0.213. The maximum absolute atomic E-state index is 13.6. The van der Waals surface area contributed by atoms with Gasteiger partial charge in [0.05, 0.1) is 6.04 Å². The number of ether oxygens (including phenoxy) is 1. The minimum Gasteiger partial charge on any atom is -0.489 e. The summed E-state index contributed by atoms with van der Waals surface area (Å²) in [7, 11) is 0. The average Bonchev–Trinajstić information content (AvgIpc) is 2.71. The number of hydrogen-bond acceptors (Lipinski definition) is 3. The zero-order chi connectivity index (χ0) is 21.5. The van der Waals surface area contributed by atoms with E-state index in [1.807, 2.05) is 24.3 Å². The van der Waals surface area contributed by atoms with Gasteiger partial charge in [0.1, 0.15) is 24.0 Å². The number of benzene rings is 3. The Kier molecular flexibility index (Phi) is 7.14. The number of carbonyl (C=O) groups is 1. The predicted molar refractivity (Wildman–Crippen MR) is 112 cm³/mol. The number of halogens is 2. The van der Waals surface area contributed by atoms with Crippen LogP contribution < -0.4 is 15.8 Å². The van der Waals surface area contributed by atoms with Gasteiger partial charge in [0, 0.05) is 13.0 Å². The molecule has 0 aliphatic carbocycles. The molecule has 0 saturated carbocycles. The van der Waals surface area contributed by atoms with Gasteiger partial charge in [-0.15, -0.1) is 0 Å². The van der Waals surface area contributed by atoms with E-state index in [2.05, 4.69) is 5.32 Å². The summed E-state index contributed by atoms with van der Waals surface area (Å²) in [5.41, 5.74) is 8.62. The highest BCUT2D eigenvalue weighted by molar-refractivity contribution is 5.79. The van der Waals surface area contributed by atoms with Crippen molar-refractivity contribution in [1.29, 1.82) is 0 Å². The van der Waals surface area contributed by atoms with Gasteiger partial charge >= 0.3 is 0 Å². The van der Waals surface area contributed by atoms with Crippen molar-refractivity contribution in [3.8, 4) is 5.75 Å². The van der Waals surface area contributed by atoms with Gasteiger partial charge in [0.15, 0.2) is 0 Å². The molecule has 6 heteroatoms. The van der Waals surface area contributed by atoms with Gasteiger partial charge in [-0.2, -0.15) is 0 Å². The van der Waals surface area contributed by atoms with Crippen LogP contribution in [0, 0.1) is 11.6 Å². The molecular weight excluding hydrogens is 386 g/mol. The van der Waals surface area contributed by atoms with Crippen LogP contribution in [0.5, 0.6) is 5.75 Å². The lowest BCUT2D eigenvalue weighted by molar-refractivity contribution is -0.119. The van der Waals surface area contributed by atoms with E-state index in [1.54, 1.807) is 25.1 Å². The quantitative estimate of drug-likeness (QED) is 0.558. The van der Waals surface area contributed by atoms with Crippen molar-refractivity contribution < 1.29 is 18.3 Å². The third kappa shape index (κ3) is 6.12. The number of hydrogen-bond donors (Lipinski definition) is 2. The van der Waals surface area contributed by atoms with Crippen LogP contribution in [0.4, 0.5) is 8.78 Å². The van der Waals surface area contributed by atoms with Gasteiger partial charge in [-0.3, -0.25) is 4.79 Å². The zero-order valence-electron chi connectivity index (χ0n) is 16.7. The van der Waals surface area contributed by atoms with E-state index in [9.17, 15) is 13.6 Å². The van der Waals surface area contributed by atoms with Crippen LogP contribution >= 0.6 is 0 Å². The standard InChI is InChI=1S/C24H24F2N2O2/c1-16(24(27)29)28-14-18-8-9-23(30-15-19-5-3-7-22(26)13-19)20(11-18)10-17-4-2-6-21(25)12-17/h2-9,11-13,16,28H,10,14-15H2,1H3,(H2,27,29)/t16-/m1/s1. The third-order valence-electron chi connectivity index (χ3n) is 4.73. The molecule has 0 heterocycles. The second-order valence-corrected chi connectivity index (χ2v) is 7.17. The molecule has 0 radical (unpaired) electrons. The van der Waals surface area contributed by atoms with E-state index < -0.39 is 11.9 Å². The molecule has 3 aromatic rings. The second kappa shape index (κ2) is 9.98. The van der Waals surface area contributed by atoms with Crippen molar-refractivity contribution in [1.82, 2.24) is 5.32 Å². The van der Waals surface area contributed by atoms with Crippen LogP contribution in [0.3, 0.4) is 0 Å². The van der Waals surface area contributed by atoms with Crippen LogP contribution in [0.2, 0.25) is 0 Å². The highest BCUT2D eigenvalue weighted by atomic mass is 19.1. The molecule has 0 aromatic heterocycles. The van der Waals surface area contributed by atoms with Crippen molar-refractivity contribution in [3.05, 3.63) is 101 Å². The molecule has 0 aliphatic heterocycles. The first-order chi connectivity index (χ1) is 14.4. The largest absolute Gasteiger partial charge is 0.489 e. The van der Waals surface area contributed by atoms with Gasteiger partial charge in [0.25, 0.3) is 0 Å².